The molecule has 33 heavy (non-hydrogen) atoms. The molecule has 1 saturated heterocycles. The molecular formula is C24H35N5O3S. The molecule has 3 rings (SSSR count). The highest BCUT2D eigenvalue weighted by Crippen LogP contribution is 2.18. The molecule has 3 amide bonds. The molecule has 1 aliphatic rings. The molecule has 2 aromatic rings. The summed E-state index contributed by atoms with van der Waals surface area (Å²) in [5, 5.41) is 8.35. The first kappa shape index (κ1) is 25.1. The van der Waals surface area contributed by atoms with Crippen molar-refractivity contribution in [3.8, 4) is 0 Å². The normalized spacial score (nSPS) is 13.9. The van der Waals surface area contributed by atoms with E-state index in [2.05, 4.69) is 34.4 Å². The second-order valence-electron chi connectivity index (χ2n) is 8.55. The number of carbonyl (C=O) groups excluding carboxylic acids is 2. The Hall–Kier alpha value is -2.49. The van der Waals surface area contributed by atoms with Crippen molar-refractivity contribution in [2.24, 2.45) is 0 Å². The van der Waals surface area contributed by atoms with E-state index in [1.807, 2.05) is 24.3 Å². The molecule has 2 N–H and O–H groups in total. The smallest absolute Gasteiger partial charge is 0.322 e. The first-order valence-corrected chi connectivity index (χ1v) is 12.4. The van der Waals surface area contributed by atoms with Gasteiger partial charge in [0.1, 0.15) is 10.7 Å². The molecule has 1 aromatic carbocycles. The van der Waals surface area contributed by atoms with Crippen molar-refractivity contribution in [1.82, 2.24) is 20.1 Å². The third kappa shape index (κ3) is 7.80. The van der Waals surface area contributed by atoms with E-state index in [-0.39, 0.29) is 11.9 Å². The fraction of sp³-hybridized carbons (Fsp3) is 0.542. The second-order valence-corrected chi connectivity index (χ2v) is 9.50. The molecule has 1 fully saturated rings. The van der Waals surface area contributed by atoms with Gasteiger partial charge in [0.2, 0.25) is 0 Å². The summed E-state index contributed by atoms with van der Waals surface area (Å²) < 4.78 is 5.18. The average Bonchev–Trinajstić information content (AvgIpc) is 3.49. The van der Waals surface area contributed by atoms with Crippen LogP contribution in [0.2, 0.25) is 0 Å². The van der Waals surface area contributed by atoms with Crippen molar-refractivity contribution >= 4 is 29.0 Å². The summed E-state index contributed by atoms with van der Waals surface area (Å²) in [6, 6.07) is 7.65. The molecule has 0 atom stereocenters. The highest BCUT2D eigenvalue weighted by atomic mass is 32.1. The molecule has 0 unspecified atom stereocenters. The van der Waals surface area contributed by atoms with E-state index in [0.717, 1.165) is 25.3 Å². The number of benzene rings is 1. The number of amides is 3. The highest BCUT2D eigenvalue weighted by Gasteiger charge is 2.18. The van der Waals surface area contributed by atoms with Crippen LogP contribution in [-0.4, -0.2) is 73.2 Å². The van der Waals surface area contributed by atoms with Crippen molar-refractivity contribution in [3.05, 3.63) is 45.9 Å². The lowest BCUT2D eigenvalue weighted by Gasteiger charge is -2.22. The van der Waals surface area contributed by atoms with Crippen molar-refractivity contribution in [3.63, 3.8) is 0 Å². The summed E-state index contributed by atoms with van der Waals surface area (Å²) in [7, 11) is 1.61. The molecule has 0 aliphatic carbocycles. The van der Waals surface area contributed by atoms with E-state index >= 15 is 0 Å². The van der Waals surface area contributed by atoms with Crippen LogP contribution in [0.15, 0.2) is 29.6 Å². The van der Waals surface area contributed by atoms with Gasteiger partial charge in [0.05, 0.1) is 13.2 Å². The lowest BCUT2D eigenvalue weighted by molar-refractivity contribution is 0.0945. The van der Waals surface area contributed by atoms with E-state index in [9.17, 15) is 9.59 Å². The third-order valence-corrected chi connectivity index (χ3v) is 6.54. The van der Waals surface area contributed by atoms with E-state index in [1.54, 1.807) is 17.4 Å². The van der Waals surface area contributed by atoms with Crippen molar-refractivity contribution in [1.29, 1.82) is 0 Å². The topological polar surface area (TPSA) is 86.8 Å². The monoisotopic (exact) mass is 473 g/mol. The van der Waals surface area contributed by atoms with Crippen molar-refractivity contribution in [2.45, 2.75) is 39.2 Å². The van der Waals surface area contributed by atoms with Gasteiger partial charge in [-0.15, -0.1) is 11.3 Å². The summed E-state index contributed by atoms with van der Waals surface area (Å²) in [6.45, 7) is 9.11. The van der Waals surface area contributed by atoms with Crippen LogP contribution in [0.5, 0.6) is 0 Å². The summed E-state index contributed by atoms with van der Waals surface area (Å²) in [6.07, 6.45) is 2.47. The van der Waals surface area contributed by atoms with Gasteiger partial charge < -0.3 is 25.2 Å². The molecule has 180 valence electrons. The Morgan fingerprint density at radius 3 is 2.61 bits per heavy atom. The number of anilines is 1. The number of nitrogens with one attached hydrogen (secondary N) is 2. The number of nitrogens with zero attached hydrogens (tertiary/aromatic N) is 3. The zero-order valence-electron chi connectivity index (χ0n) is 19.8. The van der Waals surface area contributed by atoms with Crippen molar-refractivity contribution in [2.75, 3.05) is 51.8 Å². The van der Waals surface area contributed by atoms with Gasteiger partial charge in [-0.2, -0.15) is 0 Å². The van der Waals surface area contributed by atoms with Gasteiger partial charge in [-0.3, -0.25) is 4.79 Å². The van der Waals surface area contributed by atoms with Gasteiger partial charge >= 0.3 is 6.03 Å². The molecule has 0 spiro atoms. The van der Waals surface area contributed by atoms with Gasteiger partial charge in [0.15, 0.2) is 0 Å². The molecule has 1 aliphatic heterocycles. The number of thiazole rings is 1. The fourth-order valence-corrected chi connectivity index (χ4v) is 4.47. The minimum atomic E-state index is -0.226. The molecule has 1 aromatic heterocycles. The van der Waals surface area contributed by atoms with Crippen LogP contribution in [-0.2, 0) is 11.3 Å². The van der Waals surface area contributed by atoms with Gasteiger partial charge in [-0.05, 0) is 49.5 Å². The van der Waals surface area contributed by atoms with Crippen LogP contribution in [0, 0.1) is 0 Å². The average molecular weight is 474 g/mol. The lowest BCUT2D eigenvalue weighted by Crippen LogP contribution is -2.37. The minimum absolute atomic E-state index is 0.171. The summed E-state index contributed by atoms with van der Waals surface area (Å²) >= 11 is 1.38. The van der Waals surface area contributed by atoms with Crippen LogP contribution < -0.4 is 10.6 Å². The standard InChI is InChI=1S/C24H35N5O3S/c1-18(2)19-6-8-20(9-7-19)26-24(31)29(14-15-32-3)16-22-27-21(17-33-22)23(30)25-10-13-28-11-4-5-12-28/h6-9,17-18H,4-5,10-16H2,1-3H3,(H,25,30)(H,26,31). The summed E-state index contributed by atoms with van der Waals surface area (Å²) in [4.78, 5) is 33.8. The molecular weight excluding hydrogens is 438 g/mol. The van der Waals surface area contributed by atoms with Gasteiger partial charge in [-0.25, -0.2) is 9.78 Å². The number of likely N-dealkylation sites (tertiary alicyclic amines) is 1. The summed E-state index contributed by atoms with van der Waals surface area (Å²) in [5.74, 6) is 0.263. The number of methoxy groups -OCH3 is 1. The lowest BCUT2D eigenvalue weighted by atomic mass is 10.0. The number of hydrogen-bond acceptors (Lipinski definition) is 6. The second kappa shape index (κ2) is 12.7. The van der Waals surface area contributed by atoms with Crippen LogP contribution in [0.1, 0.15) is 53.7 Å². The Morgan fingerprint density at radius 1 is 1.21 bits per heavy atom. The van der Waals surface area contributed by atoms with E-state index in [1.165, 1.54) is 29.7 Å². The fourth-order valence-electron chi connectivity index (χ4n) is 3.68. The summed E-state index contributed by atoms with van der Waals surface area (Å²) in [5.41, 5.74) is 2.36. The zero-order chi connectivity index (χ0) is 23.6. The third-order valence-electron chi connectivity index (χ3n) is 5.70. The number of carbonyl (C=O) groups is 2. The molecule has 9 heteroatoms. The number of aromatic nitrogens is 1. The van der Waals surface area contributed by atoms with Crippen LogP contribution in [0.25, 0.3) is 0 Å². The van der Waals surface area contributed by atoms with Crippen LogP contribution in [0.4, 0.5) is 10.5 Å². The quantitative estimate of drug-likeness (QED) is 0.519. The van der Waals surface area contributed by atoms with E-state index in [0.29, 0.717) is 42.9 Å². The highest BCUT2D eigenvalue weighted by molar-refractivity contribution is 7.09. The maximum atomic E-state index is 12.9. The van der Waals surface area contributed by atoms with Gasteiger partial charge in [0.25, 0.3) is 5.91 Å². The molecule has 0 radical (unpaired) electrons. The molecule has 0 bridgehead atoms. The number of hydrogen-bond donors (Lipinski definition) is 2. The number of ether oxygens (including phenoxy) is 1. The number of urea groups is 1. The number of rotatable bonds is 11. The maximum absolute atomic E-state index is 12.9. The Kier molecular flexibility index (Phi) is 9.65. The predicted molar refractivity (Wildman–Crippen MR) is 132 cm³/mol. The Balaban J connectivity index is 1.54. The molecule has 8 nitrogen and oxygen atoms in total. The molecule has 2 heterocycles. The first-order valence-electron chi connectivity index (χ1n) is 11.6. The van der Waals surface area contributed by atoms with Gasteiger partial charge in [-0.1, -0.05) is 26.0 Å². The maximum Gasteiger partial charge on any atom is 0.322 e. The van der Waals surface area contributed by atoms with Crippen LogP contribution >= 0.6 is 11.3 Å². The SMILES string of the molecule is COCCN(Cc1nc(C(=O)NCCN2CCCC2)cs1)C(=O)Nc1ccc(C(C)C)cc1. The largest absolute Gasteiger partial charge is 0.383 e. The first-order chi connectivity index (χ1) is 16.0. The van der Waals surface area contributed by atoms with E-state index < -0.39 is 0 Å². The predicted octanol–water partition coefficient (Wildman–Crippen LogP) is 3.77. The Bertz CT molecular complexity index is 894. The molecule has 0 saturated carbocycles. The minimum Gasteiger partial charge on any atom is -0.383 e. The Labute approximate surface area is 200 Å². The van der Waals surface area contributed by atoms with Crippen molar-refractivity contribution < 1.29 is 14.3 Å². The zero-order valence-corrected chi connectivity index (χ0v) is 20.6. The Morgan fingerprint density at radius 2 is 1.94 bits per heavy atom. The van der Waals surface area contributed by atoms with Gasteiger partial charge in [0, 0.05) is 37.8 Å². The van der Waals surface area contributed by atoms with E-state index in [4.69, 9.17) is 4.74 Å². The van der Waals surface area contributed by atoms with Crippen LogP contribution in [0.3, 0.4) is 0 Å².